The van der Waals surface area contributed by atoms with Crippen LogP contribution in [-0.4, -0.2) is 18.9 Å². The molecule has 0 aromatic heterocycles. The molecule has 0 heterocycles. The van der Waals surface area contributed by atoms with Gasteiger partial charge >= 0.3 is 0 Å². The number of halogens is 1. The molecule has 2 aromatic carbocycles. The van der Waals surface area contributed by atoms with Crippen molar-refractivity contribution in [3.05, 3.63) is 70.0 Å². The summed E-state index contributed by atoms with van der Waals surface area (Å²) in [5.74, 6) is -0.378. The van der Waals surface area contributed by atoms with E-state index in [0.717, 1.165) is 11.6 Å². The SMILES string of the molecule is CC(C)(Cc1ccc(F)cc1)NS(=O)(=O)c1ccccc1[N+](=O)[O-]. The van der Waals surface area contributed by atoms with Crippen LogP contribution in [0.4, 0.5) is 10.1 Å². The highest BCUT2D eigenvalue weighted by atomic mass is 32.2. The number of benzene rings is 2. The lowest BCUT2D eigenvalue weighted by Gasteiger charge is -2.26. The van der Waals surface area contributed by atoms with Crippen LogP contribution >= 0.6 is 0 Å². The summed E-state index contributed by atoms with van der Waals surface area (Å²) in [6, 6.07) is 10.9. The maximum atomic E-state index is 13.0. The van der Waals surface area contributed by atoms with Crippen molar-refractivity contribution in [3.63, 3.8) is 0 Å². The molecule has 0 aliphatic carbocycles. The standard InChI is InChI=1S/C16H17FN2O4S/c1-16(2,11-12-7-9-13(17)10-8-12)18-24(22,23)15-6-4-3-5-14(15)19(20)21/h3-10,18H,11H2,1-2H3. The molecule has 0 radical (unpaired) electrons. The fraction of sp³-hybridized carbons (Fsp3) is 0.250. The number of nitrogens with zero attached hydrogens (tertiary/aromatic N) is 1. The molecule has 0 bridgehead atoms. The Hall–Kier alpha value is -2.32. The van der Waals surface area contributed by atoms with Crippen LogP contribution < -0.4 is 4.72 Å². The molecule has 0 aliphatic heterocycles. The van der Waals surface area contributed by atoms with Crippen molar-refractivity contribution in [3.8, 4) is 0 Å². The molecule has 8 heteroatoms. The van der Waals surface area contributed by atoms with Crippen LogP contribution in [0.3, 0.4) is 0 Å². The smallest absolute Gasteiger partial charge is 0.258 e. The van der Waals surface area contributed by atoms with Gasteiger partial charge in [0, 0.05) is 11.6 Å². The summed E-state index contributed by atoms with van der Waals surface area (Å²) in [5.41, 5.74) is -0.658. The molecular formula is C16H17FN2O4S. The summed E-state index contributed by atoms with van der Waals surface area (Å²) >= 11 is 0. The van der Waals surface area contributed by atoms with Gasteiger partial charge in [0.2, 0.25) is 10.0 Å². The van der Waals surface area contributed by atoms with E-state index in [1.165, 1.54) is 30.3 Å². The number of hydrogen-bond acceptors (Lipinski definition) is 4. The second-order valence-electron chi connectivity index (χ2n) is 6.02. The predicted molar refractivity (Wildman–Crippen MR) is 87.6 cm³/mol. The first kappa shape index (κ1) is 18.0. The minimum absolute atomic E-state index is 0.299. The van der Waals surface area contributed by atoms with E-state index >= 15 is 0 Å². The number of nitro benzene ring substituents is 1. The molecule has 0 amide bonds. The molecule has 2 rings (SSSR count). The van der Waals surface area contributed by atoms with Crippen LogP contribution in [0.1, 0.15) is 19.4 Å². The van der Waals surface area contributed by atoms with Gasteiger partial charge in [0.05, 0.1) is 4.92 Å². The summed E-state index contributed by atoms with van der Waals surface area (Å²) in [5, 5.41) is 11.0. The topological polar surface area (TPSA) is 89.3 Å². The molecular weight excluding hydrogens is 335 g/mol. The third-order valence-electron chi connectivity index (χ3n) is 3.32. The Morgan fingerprint density at radius 2 is 1.71 bits per heavy atom. The summed E-state index contributed by atoms with van der Waals surface area (Å²) in [7, 11) is -4.09. The van der Waals surface area contributed by atoms with E-state index in [0.29, 0.717) is 6.42 Å². The van der Waals surface area contributed by atoms with Crippen LogP contribution in [-0.2, 0) is 16.4 Å². The lowest BCUT2D eigenvalue weighted by Crippen LogP contribution is -2.45. The van der Waals surface area contributed by atoms with Crippen molar-refractivity contribution in [2.75, 3.05) is 0 Å². The summed E-state index contributed by atoms with van der Waals surface area (Å²) in [6.07, 6.45) is 0.299. The van der Waals surface area contributed by atoms with E-state index in [2.05, 4.69) is 4.72 Å². The molecule has 2 aromatic rings. The van der Waals surface area contributed by atoms with E-state index in [4.69, 9.17) is 0 Å². The third-order valence-corrected chi connectivity index (χ3v) is 5.07. The van der Waals surface area contributed by atoms with Crippen LogP contribution in [0.25, 0.3) is 0 Å². The van der Waals surface area contributed by atoms with Gasteiger partial charge in [-0.05, 0) is 44.0 Å². The van der Waals surface area contributed by atoms with Gasteiger partial charge in [-0.25, -0.2) is 17.5 Å². The van der Waals surface area contributed by atoms with Crippen molar-refractivity contribution in [1.82, 2.24) is 4.72 Å². The Kier molecular flexibility index (Phi) is 5.00. The molecule has 24 heavy (non-hydrogen) atoms. The van der Waals surface area contributed by atoms with E-state index in [1.807, 2.05) is 0 Å². The Balaban J connectivity index is 2.27. The molecule has 1 N–H and O–H groups in total. The fourth-order valence-corrected chi connectivity index (χ4v) is 3.99. The Morgan fingerprint density at radius 1 is 1.12 bits per heavy atom. The molecule has 0 saturated heterocycles. The van der Waals surface area contributed by atoms with Gasteiger partial charge in [-0.3, -0.25) is 10.1 Å². The van der Waals surface area contributed by atoms with E-state index < -0.39 is 26.2 Å². The second kappa shape index (κ2) is 6.66. The highest BCUT2D eigenvalue weighted by Gasteiger charge is 2.31. The molecule has 0 fully saturated rings. The van der Waals surface area contributed by atoms with E-state index in [9.17, 15) is 22.9 Å². The average molecular weight is 352 g/mol. The molecule has 0 unspecified atom stereocenters. The van der Waals surface area contributed by atoms with Crippen LogP contribution in [0.5, 0.6) is 0 Å². The highest BCUT2D eigenvalue weighted by Crippen LogP contribution is 2.25. The number of nitrogens with one attached hydrogen (secondary N) is 1. The molecule has 6 nitrogen and oxygen atoms in total. The maximum absolute atomic E-state index is 13.0. The lowest BCUT2D eigenvalue weighted by molar-refractivity contribution is -0.387. The zero-order valence-corrected chi connectivity index (χ0v) is 14.0. The van der Waals surface area contributed by atoms with Gasteiger partial charge in [0.25, 0.3) is 5.69 Å². The summed E-state index contributed by atoms with van der Waals surface area (Å²) < 4.78 is 40.5. The first-order valence-electron chi connectivity index (χ1n) is 7.13. The van der Waals surface area contributed by atoms with Crippen molar-refractivity contribution < 1.29 is 17.7 Å². The Morgan fingerprint density at radius 3 is 2.29 bits per heavy atom. The van der Waals surface area contributed by atoms with Gasteiger partial charge in [0.15, 0.2) is 4.90 Å². The van der Waals surface area contributed by atoms with Gasteiger partial charge in [0.1, 0.15) is 5.82 Å². The van der Waals surface area contributed by atoms with Crippen molar-refractivity contribution in [2.45, 2.75) is 30.7 Å². The van der Waals surface area contributed by atoms with Crippen LogP contribution in [0, 0.1) is 15.9 Å². The third kappa shape index (κ3) is 4.36. The minimum Gasteiger partial charge on any atom is -0.258 e. The second-order valence-corrected chi connectivity index (χ2v) is 7.67. The minimum atomic E-state index is -4.09. The normalized spacial score (nSPS) is 12.1. The monoisotopic (exact) mass is 352 g/mol. The number of sulfonamides is 1. The van der Waals surface area contributed by atoms with Gasteiger partial charge in [-0.1, -0.05) is 24.3 Å². The lowest BCUT2D eigenvalue weighted by atomic mass is 9.96. The largest absolute Gasteiger partial charge is 0.289 e. The molecule has 0 atom stereocenters. The van der Waals surface area contributed by atoms with E-state index in [-0.39, 0.29) is 10.7 Å². The molecule has 0 spiro atoms. The first-order valence-corrected chi connectivity index (χ1v) is 8.61. The predicted octanol–water partition coefficient (Wildman–Crippen LogP) is 3.03. The quantitative estimate of drug-likeness (QED) is 0.639. The van der Waals surface area contributed by atoms with Gasteiger partial charge < -0.3 is 0 Å². The van der Waals surface area contributed by atoms with Crippen LogP contribution in [0.15, 0.2) is 53.4 Å². The fourth-order valence-electron chi connectivity index (χ4n) is 2.40. The first-order chi connectivity index (χ1) is 11.1. The number of rotatable bonds is 6. The molecule has 0 saturated carbocycles. The zero-order valence-electron chi connectivity index (χ0n) is 13.2. The highest BCUT2D eigenvalue weighted by molar-refractivity contribution is 7.89. The number of hydrogen-bond donors (Lipinski definition) is 1. The molecule has 0 aliphatic rings. The van der Waals surface area contributed by atoms with Crippen molar-refractivity contribution in [1.29, 1.82) is 0 Å². The van der Waals surface area contributed by atoms with E-state index in [1.54, 1.807) is 26.0 Å². The zero-order chi connectivity index (χ0) is 18.0. The van der Waals surface area contributed by atoms with Gasteiger partial charge in [-0.15, -0.1) is 0 Å². The maximum Gasteiger partial charge on any atom is 0.289 e. The Labute approximate surface area is 139 Å². The van der Waals surface area contributed by atoms with Gasteiger partial charge in [-0.2, -0.15) is 0 Å². The van der Waals surface area contributed by atoms with Crippen molar-refractivity contribution >= 4 is 15.7 Å². The Bertz CT molecular complexity index is 849. The summed E-state index contributed by atoms with van der Waals surface area (Å²) in [6.45, 7) is 3.31. The van der Waals surface area contributed by atoms with Crippen molar-refractivity contribution in [2.24, 2.45) is 0 Å². The van der Waals surface area contributed by atoms with Crippen LogP contribution in [0.2, 0.25) is 0 Å². The number of para-hydroxylation sites is 1. The molecule has 128 valence electrons. The summed E-state index contributed by atoms with van der Waals surface area (Å²) in [4.78, 5) is 9.91. The number of nitro groups is 1. The average Bonchev–Trinajstić information content (AvgIpc) is 2.48.